The molecule has 0 spiro atoms. The van der Waals surface area contributed by atoms with E-state index in [1.807, 2.05) is 36.5 Å². The summed E-state index contributed by atoms with van der Waals surface area (Å²) < 4.78 is 13.6. The van der Waals surface area contributed by atoms with Crippen molar-refractivity contribution in [2.75, 3.05) is 19.1 Å². The van der Waals surface area contributed by atoms with Gasteiger partial charge in [0.2, 0.25) is 0 Å². The van der Waals surface area contributed by atoms with Gasteiger partial charge in [-0.1, -0.05) is 18.9 Å². The summed E-state index contributed by atoms with van der Waals surface area (Å²) in [6, 6.07) is 16.6. The highest BCUT2D eigenvalue weighted by atomic mass is 32.1. The van der Waals surface area contributed by atoms with Gasteiger partial charge in [0.25, 0.3) is 0 Å². The second kappa shape index (κ2) is 8.82. The van der Waals surface area contributed by atoms with Crippen LogP contribution in [-0.2, 0) is 0 Å². The fourth-order valence-corrected chi connectivity index (χ4v) is 5.41. The van der Waals surface area contributed by atoms with E-state index < -0.39 is 0 Å². The Morgan fingerprint density at radius 2 is 1.88 bits per heavy atom. The first-order valence-corrected chi connectivity index (χ1v) is 11.5. The standard InChI is InChI=1S/C25H28N4O2S/c1-30-18-12-13-20(22(16-18)31-2)29-24(21-11-7-15-28(21)17-8-3-4-9-17)23(27-25(29)32)19-10-5-6-14-26-19/h5-7,10-17,23-24H,3-4,8-9H2,1-2H3,(H,27,32)/t23-,24+/m0/s1. The molecule has 3 aromatic rings. The van der Waals surface area contributed by atoms with Crippen molar-refractivity contribution in [2.24, 2.45) is 0 Å². The lowest BCUT2D eigenvalue weighted by atomic mass is 10.00. The number of pyridine rings is 1. The zero-order valence-electron chi connectivity index (χ0n) is 18.4. The molecule has 5 rings (SSSR count). The molecule has 2 aliphatic rings. The first-order chi connectivity index (χ1) is 15.7. The van der Waals surface area contributed by atoms with E-state index in [0.717, 1.165) is 22.9 Å². The van der Waals surface area contributed by atoms with Crippen molar-refractivity contribution in [1.82, 2.24) is 14.9 Å². The summed E-state index contributed by atoms with van der Waals surface area (Å²) in [6.45, 7) is 0. The van der Waals surface area contributed by atoms with Gasteiger partial charge < -0.3 is 24.3 Å². The van der Waals surface area contributed by atoms with E-state index in [4.69, 9.17) is 21.7 Å². The maximum absolute atomic E-state index is 5.89. The van der Waals surface area contributed by atoms with Gasteiger partial charge in [0.1, 0.15) is 17.5 Å². The minimum Gasteiger partial charge on any atom is -0.497 e. The van der Waals surface area contributed by atoms with Crippen LogP contribution in [0.3, 0.4) is 0 Å². The summed E-state index contributed by atoms with van der Waals surface area (Å²) in [4.78, 5) is 6.85. The Morgan fingerprint density at radius 1 is 1.03 bits per heavy atom. The van der Waals surface area contributed by atoms with Gasteiger partial charge in [0.05, 0.1) is 31.6 Å². The molecule has 2 aromatic heterocycles. The first kappa shape index (κ1) is 20.8. The van der Waals surface area contributed by atoms with E-state index in [0.29, 0.717) is 11.2 Å². The van der Waals surface area contributed by atoms with E-state index >= 15 is 0 Å². The average molecular weight is 449 g/mol. The van der Waals surface area contributed by atoms with Crippen LogP contribution in [0, 0.1) is 0 Å². The van der Waals surface area contributed by atoms with Gasteiger partial charge in [-0.05, 0) is 61.5 Å². The molecule has 0 unspecified atom stereocenters. The van der Waals surface area contributed by atoms with Crippen molar-refractivity contribution >= 4 is 23.0 Å². The Hall–Kier alpha value is -3.06. The van der Waals surface area contributed by atoms with Crippen molar-refractivity contribution in [3.8, 4) is 11.5 Å². The van der Waals surface area contributed by atoms with Crippen molar-refractivity contribution < 1.29 is 9.47 Å². The Balaban J connectivity index is 1.65. The van der Waals surface area contributed by atoms with Crippen LogP contribution in [0.5, 0.6) is 11.5 Å². The molecule has 6 nitrogen and oxygen atoms in total. The van der Waals surface area contributed by atoms with Crippen LogP contribution in [0.4, 0.5) is 5.69 Å². The fraction of sp³-hybridized carbons (Fsp3) is 0.360. The summed E-state index contributed by atoms with van der Waals surface area (Å²) in [6.07, 6.45) is 9.04. The number of hydrogen-bond donors (Lipinski definition) is 1. The van der Waals surface area contributed by atoms with Crippen molar-refractivity contribution in [3.63, 3.8) is 0 Å². The quantitative estimate of drug-likeness (QED) is 0.524. The van der Waals surface area contributed by atoms with Crippen molar-refractivity contribution in [2.45, 2.75) is 43.8 Å². The molecular weight excluding hydrogens is 420 g/mol. The van der Waals surface area contributed by atoms with Crippen LogP contribution >= 0.6 is 12.2 Å². The number of ether oxygens (including phenoxy) is 2. The number of thiocarbonyl (C=S) groups is 1. The highest BCUT2D eigenvalue weighted by molar-refractivity contribution is 7.80. The second-order valence-corrected chi connectivity index (χ2v) is 8.70. The Bertz CT molecular complexity index is 1090. The number of aromatic nitrogens is 2. The zero-order chi connectivity index (χ0) is 22.1. The summed E-state index contributed by atoms with van der Waals surface area (Å²) in [7, 11) is 3.34. The molecule has 0 radical (unpaired) electrons. The number of hydrogen-bond acceptors (Lipinski definition) is 4. The molecule has 1 saturated heterocycles. The van der Waals surface area contributed by atoms with Gasteiger partial charge in [0.15, 0.2) is 5.11 Å². The lowest BCUT2D eigenvalue weighted by Gasteiger charge is -2.31. The molecule has 1 aliphatic heterocycles. The van der Waals surface area contributed by atoms with Gasteiger partial charge in [-0.25, -0.2) is 0 Å². The fourth-order valence-electron chi connectivity index (χ4n) is 5.07. The molecule has 3 heterocycles. The normalized spacial score (nSPS) is 21.1. The lowest BCUT2D eigenvalue weighted by molar-refractivity contribution is 0.393. The monoisotopic (exact) mass is 448 g/mol. The Labute approximate surface area is 194 Å². The van der Waals surface area contributed by atoms with E-state index in [-0.39, 0.29) is 12.1 Å². The van der Waals surface area contributed by atoms with Crippen molar-refractivity contribution in [1.29, 1.82) is 0 Å². The molecule has 2 atom stereocenters. The highest BCUT2D eigenvalue weighted by Crippen LogP contribution is 2.46. The van der Waals surface area contributed by atoms with Crippen LogP contribution in [-0.4, -0.2) is 28.9 Å². The molecule has 166 valence electrons. The molecule has 0 bridgehead atoms. The van der Waals surface area contributed by atoms with Crippen LogP contribution < -0.4 is 19.7 Å². The molecular formula is C25H28N4O2S. The van der Waals surface area contributed by atoms with E-state index in [9.17, 15) is 0 Å². The van der Waals surface area contributed by atoms with Crippen LogP contribution in [0.25, 0.3) is 0 Å². The molecule has 1 saturated carbocycles. The van der Waals surface area contributed by atoms with Crippen LogP contribution in [0.2, 0.25) is 0 Å². The smallest absolute Gasteiger partial charge is 0.174 e. The maximum atomic E-state index is 5.89. The largest absolute Gasteiger partial charge is 0.497 e. The number of methoxy groups -OCH3 is 2. The van der Waals surface area contributed by atoms with Gasteiger partial charge in [-0.3, -0.25) is 4.98 Å². The zero-order valence-corrected chi connectivity index (χ0v) is 19.2. The van der Waals surface area contributed by atoms with E-state index in [1.54, 1.807) is 14.2 Å². The van der Waals surface area contributed by atoms with Gasteiger partial charge in [-0.15, -0.1) is 0 Å². The minimum absolute atomic E-state index is 0.0599. The number of nitrogens with one attached hydrogen (secondary N) is 1. The average Bonchev–Trinajstić information content (AvgIpc) is 3.58. The lowest BCUT2D eigenvalue weighted by Crippen LogP contribution is -2.31. The molecule has 2 fully saturated rings. The van der Waals surface area contributed by atoms with E-state index in [1.165, 1.54) is 31.4 Å². The van der Waals surface area contributed by atoms with Crippen LogP contribution in [0.15, 0.2) is 60.9 Å². The molecule has 1 N–H and O–H groups in total. The predicted molar refractivity (Wildman–Crippen MR) is 129 cm³/mol. The van der Waals surface area contributed by atoms with E-state index in [2.05, 4.69) is 44.2 Å². The number of nitrogens with zero attached hydrogens (tertiary/aromatic N) is 3. The van der Waals surface area contributed by atoms with Gasteiger partial charge >= 0.3 is 0 Å². The molecule has 1 aliphatic carbocycles. The summed E-state index contributed by atoms with van der Waals surface area (Å²) in [5, 5.41) is 4.21. The summed E-state index contributed by atoms with van der Waals surface area (Å²) in [5.74, 6) is 1.47. The number of rotatable bonds is 6. The molecule has 0 amide bonds. The predicted octanol–water partition coefficient (Wildman–Crippen LogP) is 5.19. The highest BCUT2D eigenvalue weighted by Gasteiger charge is 2.43. The minimum atomic E-state index is -0.0782. The van der Waals surface area contributed by atoms with Gasteiger partial charge in [-0.2, -0.15) is 0 Å². The maximum Gasteiger partial charge on any atom is 0.174 e. The Morgan fingerprint density at radius 3 is 2.59 bits per heavy atom. The molecule has 1 aromatic carbocycles. The molecule has 7 heteroatoms. The van der Waals surface area contributed by atoms with Crippen LogP contribution in [0.1, 0.15) is 55.2 Å². The third-order valence-corrected chi connectivity index (χ3v) is 6.89. The second-order valence-electron chi connectivity index (χ2n) is 8.31. The number of benzene rings is 1. The topological polar surface area (TPSA) is 51.5 Å². The third kappa shape index (κ3) is 3.60. The third-order valence-electron chi connectivity index (χ3n) is 6.58. The molecule has 32 heavy (non-hydrogen) atoms. The summed E-state index contributed by atoms with van der Waals surface area (Å²) >= 11 is 5.89. The van der Waals surface area contributed by atoms with Crippen molar-refractivity contribution in [3.05, 3.63) is 72.3 Å². The van der Waals surface area contributed by atoms with Gasteiger partial charge in [0, 0.05) is 30.2 Å². The first-order valence-electron chi connectivity index (χ1n) is 11.1. The summed E-state index contributed by atoms with van der Waals surface area (Å²) in [5.41, 5.74) is 3.11. The number of anilines is 1. The Kier molecular flexibility index (Phi) is 5.74. The SMILES string of the molecule is COc1ccc(N2C(=S)N[C@@H](c3ccccn3)[C@H]2c2cccn2C2CCCC2)c(OC)c1.